The van der Waals surface area contributed by atoms with Gasteiger partial charge in [-0.2, -0.15) is 5.26 Å². The minimum atomic E-state index is -0.958. The predicted molar refractivity (Wildman–Crippen MR) is 66.3 cm³/mol. The van der Waals surface area contributed by atoms with Crippen molar-refractivity contribution in [2.45, 2.75) is 6.42 Å². The number of thiazole rings is 1. The molecule has 7 heteroatoms. The minimum absolute atomic E-state index is 0.264. The van der Waals surface area contributed by atoms with Crippen molar-refractivity contribution in [2.75, 3.05) is 5.32 Å². The highest BCUT2D eigenvalue weighted by Crippen LogP contribution is 2.26. The lowest BCUT2D eigenvalue weighted by molar-refractivity contribution is -0.115. The van der Waals surface area contributed by atoms with Gasteiger partial charge in [0.05, 0.1) is 11.8 Å². The van der Waals surface area contributed by atoms with Crippen molar-refractivity contribution in [3.8, 4) is 17.3 Å². The molecule has 0 radical (unpaired) electrons. The van der Waals surface area contributed by atoms with Gasteiger partial charge in [0.1, 0.15) is 6.42 Å². The third kappa shape index (κ3) is 3.11. The van der Waals surface area contributed by atoms with Gasteiger partial charge in [0, 0.05) is 10.9 Å². The SMILES string of the molecule is N#CCC(=O)Nc1nc(-c2ccc(F)c(F)c2)cs1. The Morgan fingerprint density at radius 2 is 2.21 bits per heavy atom. The Bertz CT molecular complexity index is 663. The first-order valence-electron chi connectivity index (χ1n) is 5.18. The number of nitrogens with one attached hydrogen (secondary N) is 1. The van der Waals surface area contributed by atoms with E-state index in [1.165, 1.54) is 6.07 Å². The summed E-state index contributed by atoms with van der Waals surface area (Å²) in [6, 6.07) is 5.16. The van der Waals surface area contributed by atoms with E-state index < -0.39 is 17.5 Å². The third-order valence-corrected chi connectivity index (χ3v) is 2.96. The van der Waals surface area contributed by atoms with E-state index in [-0.39, 0.29) is 6.42 Å². The Balaban J connectivity index is 2.19. The fourth-order valence-electron chi connectivity index (χ4n) is 1.35. The molecule has 0 aliphatic heterocycles. The molecule has 4 nitrogen and oxygen atoms in total. The van der Waals surface area contributed by atoms with Crippen LogP contribution < -0.4 is 5.32 Å². The van der Waals surface area contributed by atoms with Crippen LogP contribution in [0.3, 0.4) is 0 Å². The van der Waals surface area contributed by atoms with E-state index in [4.69, 9.17) is 5.26 Å². The van der Waals surface area contributed by atoms with Crippen molar-refractivity contribution in [1.29, 1.82) is 5.26 Å². The van der Waals surface area contributed by atoms with Crippen molar-refractivity contribution in [3.63, 3.8) is 0 Å². The Labute approximate surface area is 111 Å². The lowest BCUT2D eigenvalue weighted by atomic mass is 10.2. The number of nitriles is 1. The Kier molecular flexibility index (Phi) is 3.82. The standard InChI is InChI=1S/C12H7F2N3OS/c13-8-2-1-7(5-9(8)14)10-6-19-12(16-10)17-11(18)3-4-15/h1-2,5-6H,3H2,(H,16,17,18). The van der Waals surface area contributed by atoms with Crippen LogP contribution in [-0.4, -0.2) is 10.9 Å². The molecular weight excluding hydrogens is 272 g/mol. The summed E-state index contributed by atoms with van der Waals surface area (Å²) in [4.78, 5) is 15.2. The van der Waals surface area contributed by atoms with Gasteiger partial charge in [-0.15, -0.1) is 11.3 Å². The third-order valence-electron chi connectivity index (χ3n) is 2.21. The van der Waals surface area contributed by atoms with Gasteiger partial charge in [0.2, 0.25) is 5.91 Å². The molecule has 0 spiro atoms. The zero-order valence-electron chi connectivity index (χ0n) is 9.48. The van der Waals surface area contributed by atoms with E-state index in [1.54, 1.807) is 11.4 Å². The highest BCUT2D eigenvalue weighted by atomic mass is 32.1. The van der Waals surface area contributed by atoms with Gasteiger partial charge >= 0.3 is 0 Å². The Morgan fingerprint density at radius 1 is 1.42 bits per heavy atom. The monoisotopic (exact) mass is 279 g/mol. The molecule has 0 bridgehead atoms. The average Bonchev–Trinajstić information content (AvgIpc) is 2.81. The molecule has 0 aliphatic rings. The molecule has 2 rings (SSSR count). The van der Waals surface area contributed by atoms with Gasteiger partial charge in [-0.25, -0.2) is 13.8 Å². The van der Waals surface area contributed by atoms with Crippen LogP contribution in [0.2, 0.25) is 0 Å². The predicted octanol–water partition coefficient (Wildman–Crippen LogP) is 2.94. The summed E-state index contributed by atoms with van der Waals surface area (Å²) < 4.78 is 25.9. The van der Waals surface area contributed by atoms with E-state index in [1.807, 2.05) is 0 Å². The van der Waals surface area contributed by atoms with Crippen molar-refractivity contribution in [2.24, 2.45) is 0 Å². The van der Waals surface area contributed by atoms with Gasteiger partial charge in [-0.05, 0) is 18.2 Å². The molecule has 0 unspecified atom stereocenters. The summed E-state index contributed by atoms with van der Waals surface area (Å²) in [6.07, 6.45) is -0.264. The molecule has 19 heavy (non-hydrogen) atoms. The second-order valence-electron chi connectivity index (χ2n) is 3.55. The minimum Gasteiger partial charge on any atom is -0.301 e. The van der Waals surface area contributed by atoms with E-state index in [9.17, 15) is 13.6 Å². The smallest absolute Gasteiger partial charge is 0.240 e. The largest absolute Gasteiger partial charge is 0.301 e. The number of anilines is 1. The second-order valence-corrected chi connectivity index (χ2v) is 4.41. The van der Waals surface area contributed by atoms with Crippen LogP contribution in [0.5, 0.6) is 0 Å². The number of carbonyl (C=O) groups is 1. The van der Waals surface area contributed by atoms with Gasteiger partial charge in [-0.1, -0.05) is 0 Å². The van der Waals surface area contributed by atoms with Gasteiger partial charge in [-0.3, -0.25) is 4.79 Å². The molecule has 2 aromatic rings. The lowest BCUT2D eigenvalue weighted by Gasteiger charge is -1.98. The first-order valence-corrected chi connectivity index (χ1v) is 6.06. The van der Waals surface area contributed by atoms with Crippen LogP contribution in [0.1, 0.15) is 6.42 Å². The Morgan fingerprint density at radius 3 is 2.89 bits per heavy atom. The average molecular weight is 279 g/mol. The van der Waals surface area contributed by atoms with Gasteiger partial charge in [0.15, 0.2) is 16.8 Å². The van der Waals surface area contributed by atoms with E-state index >= 15 is 0 Å². The first-order chi connectivity index (χ1) is 9.10. The molecule has 0 atom stereocenters. The van der Waals surface area contributed by atoms with Crippen LogP contribution in [0.15, 0.2) is 23.6 Å². The summed E-state index contributed by atoms with van der Waals surface area (Å²) in [5.74, 6) is -2.35. The number of halogens is 2. The number of aromatic nitrogens is 1. The molecule has 1 heterocycles. The summed E-state index contributed by atoms with van der Waals surface area (Å²) in [6.45, 7) is 0. The zero-order chi connectivity index (χ0) is 13.8. The molecular formula is C12H7F2N3OS. The quantitative estimate of drug-likeness (QED) is 0.939. The van der Waals surface area contributed by atoms with Crippen LogP contribution in [0.4, 0.5) is 13.9 Å². The summed E-state index contributed by atoms with van der Waals surface area (Å²) in [5.41, 5.74) is 0.840. The molecule has 1 aromatic carbocycles. The summed E-state index contributed by atoms with van der Waals surface area (Å²) in [5, 5.41) is 12.7. The van der Waals surface area contributed by atoms with Crippen LogP contribution in [0, 0.1) is 23.0 Å². The molecule has 1 amide bonds. The second kappa shape index (κ2) is 5.54. The number of benzene rings is 1. The highest BCUT2D eigenvalue weighted by Gasteiger charge is 2.09. The number of rotatable bonds is 3. The normalized spacial score (nSPS) is 9.95. The van der Waals surface area contributed by atoms with Gasteiger partial charge in [0.25, 0.3) is 0 Å². The number of carbonyl (C=O) groups excluding carboxylic acids is 1. The van der Waals surface area contributed by atoms with E-state index in [0.717, 1.165) is 23.5 Å². The highest BCUT2D eigenvalue weighted by molar-refractivity contribution is 7.14. The van der Waals surface area contributed by atoms with Crippen molar-refractivity contribution in [1.82, 2.24) is 4.98 Å². The van der Waals surface area contributed by atoms with Crippen molar-refractivity contribution < 1.29 is 13.6 Å². The molecule has 0 saturated heterocycles. The molecule has 1 N–H and O–H groups in total. The van der Waals surface area contributed by atoms with E-state index in [2.05, 4.69) is 10.3 Å². The Hall–Kier alpha value is -2.33. The van der Waals surface area contributed by atoms with Crippen molar-refractivity contribution in [3.05, 3.63) is 35.2 Å². The molecule has 0 fully saturated rings. The number of nitrogens with zero attached hydrogens (tertiary/aromatic N) is 2. The van der Waals surface area contributed by atoms with Crippen LogP contribution in [0.25, 0.3) is 11.3 Å². The van der Waals surface area contributed by atoms with Crippen LogP contribution >= 0.6 is 11.3 Å². The molecule has 0 saturated carbocycles. The van der Waals surface area contributed by atoms with E-state index in [0.29, 0.717) is 16.4 Å². The molecule has 96 valence electrons. The maximum absolute atomic E-state index is 13.1. The maximum atomic E-state index is 13.1. The van der Waals surface area contributed by atoms with Gasteiger partial charge < -0.3 is 5.32 Å². The molecule has 0 aliphatic carbocycles. The molecule has 1 aromatic heterocycles. The summed E-state index contributed by atoms with van der Waals surface area (Å²) in [7, 11) is 0. The zero-order valence-corrected chi connectivity index (χ0v) is 10.3. The van der Waals surface area contributed by atoms with Crippen molar-refractivity contribution >= 4 is 22.4 Å². The number of hydrogen-bond donors (Lipinski definition) is 1. The number of amides is 1. The lowest BCUT2D eigenvalue weighted by Crippen LogP contribution is -2.09. The topological polar surface area (TPSA) is 65.8 Å². The fourth-order valence-corrected chi connectivity index (χ4v) is 2.09. The fraction of sp³-hybridized carbons (Fsp3) is 0.0833. The maximum Gasteiger partial charge on any atom is 0.240 e. The summed E-state index contributed by atoms with van der Waals surface area (Å²) >= 11 is 1.14. The number of hydrogen-bond acceptors (Lipinski definition) is 4. The first kappa shape index (κ1) is 13.1. The van der Waals surface area contributed by atoms with Crippen LogP contribution in [-0.2, 0) is 4.79 Å².